The first-order valence-corrected chi connectivity index (χ1v) is 9.73. The van der Waals surface area contributed by atoms with Gasteiger partial charge in [-0.1, -0.05) is 30.3 Å². The topological polar surface area (TPSA) is 118 Å². The lowest BCUT2D eigenvalue weighted by Crippen LogP contribution is -2.12. The molecule has 0 saturated carbocycles. The number of sulfonamides is 1. The molecule has 1 aromatic heterocycles. The van der Waals surface area contributed by atoms with E-state index >= 15 is 0 Å². The maximum absolute atomic E-state index is 12.6. The lowest BCUT2D eigenvalue weighted by atomic mass is 10.1. The molecule has 0 radical (unpaired) electrons. The van der Waals surface area contributed by atoms with Crippen molar-refractivity contribution >= 4 is 32.3 Å². The number of aromatic amines is 1. The molecule has 0 amide bonds. The van der Waals surface area contributed by atoms with Gasteiger partial charge >= 0.3 is 0 Å². The highest BCUT2D eigenvalue weighted by molar-refractivity contribution is 7.92. The molecule has 2 N–H and O–H groups in total. The molecule has 3 aromatic carbocycles. The fraction of sp³-hybridized carbons (Fsp3) is 0. The van der Waals surface area contributed by atoms with Crippen molar-refractivity contribution in [1.29, 1.82) is 0 Å². The Morgan fingerprint density at radius 1 is 0.964 bits per heavy atom. The van der Waals surface area contributed by atoms with Gasteiger partial charge in [-0.3, -0.25) is 19.9 Å². The standard InChI is InChI=1S/C19H14N4O4S/c24-23(25)15-7-9-16(10-8-15)28(26,27)22-14-6-11-18-17(12-14)19(21-20-18)13-4-2-1-3-5-13/h1-12,22H,(H,20,21). The molecule has 0 atom stereocenters. The molecule has 1 heterocycles. The first kappa shape index (κ1) is 17.7. The highest BCUT2D eigenvalue weighted by atomic mass is 32.2. The lowest BCUT2D eigenvalue weighted by molar-refractivity contribution is -0.384. The molecule has 0 spiro atoms. The molecule has 0 aliphatic carbocycles. The van der Waals surface area contributed by atoms with Gasteiger partial charge in [0.1, 0.15) is 0 Å². The van der Waals surface area contributed by atoms with Crippen LogP contribution in [0.5, 0.6) is 0 Å². The minimum Gasteiger partial charge on any atom is -0.280 e. The van der Waals surface area contributed by atoms with Gasteiger partial charge in [0.15, 0.2) is 0 Å². The summed E-state index contributed by atoms with van der Waals surface area (Å²) >= 11 is 0. The van der Waals surface area contributed by atoms with Gasteiger partial charge in [-0.2, -0.15) is 5.10 Å². The number of nitro groups is 1. The average molecular weight is 394 g/mol. The van der Waals surface area contributed by atoms with Crippen molar-refractivity contribution in [2.75, 3.05) is 4.72 Å². The molecule has 9 heteroatoms. The number of nitrogens with zero attached hydrogens (tertiary/aromatic N) is 2. The lowest BCUT2D eigenvalue weighted by Gasteiger charge is -2.08. The normalized spacial score (nSPS) is 11.4. The zero-order chi connectivity index (χ0) is 19.7. The summed E-state index contributed by atoms with van der Waals surface area (Å²) in [6.07, 6.45) is 0. The second-order valence-corrected chi connectivity index (χ2v) is 7.74. The summed E-state index contributed by atoms with van der Waals surface area (Å²) in [6, 6.07) is 19.3. The highest BCUT2D eigenvalue weighted by Gasteiger charge is 2.17. The molecule has 0 saturated heterocycles. The second kappa shape index (κ2) is 6.78. The van der Waals surface area contributed by atoms with Crippen LogP contribution in [0, 0.1) is 10.1 Å². The van der Waals surface area contributed by atoms with E-state index in [-0.39, 0.29) is 10.6 Å². The number of nitro benzene ring substituents is 1. The number of fused-ring (bicyclic) bond motifs is 1. The molecule has 0 bridgehead atoms. The van der Waals surface area contributed by atoms with E-state index in [1.54, 1.807) is 18.2 Å². The summed E-state index contributed by atoms with van der Waals surface area (Å²) in [5, 5.41) is 18.8. The number of anilines is 1. The number of aromatic nitrogens is 2. The van der Waals surface area contributed by atoms with E-state index in [4.69, 9.17) is 0 Å². The molecule has 0 aliphatic rings. The van der Waals surface area contributed by atoms with E-state index in [0.29, 0.717) is 11.4 Å². The fourth-order valence-electron chi connectivity index (χ4n) is 2.85. The maximum Gasteiger partial charge on any atom is 0.269 e. The summed E-state index contributed by atoms with van der Waals surface area (Å²) in [4.78, 5) is 10.1. The Bertz CT molecular complexity index is 1270. The van der Waals surface area contributed by atoms with Crippen molar-refractivity contribution in [3.8, 4) is 11.3 Å². The minimum absolute atomic E-state index is 0.0614. The van der Waals surface area contributed by atoms with E-state index in [9.17, 15) is 18.5 Å². The molecular weight excluding hydrogens is 380 g/mol. The minimum atomic E-state index is -3.89. The molecule has 0 aliphatic heterocycles. The summed E-state index contributed by atoms with van der Waals surface area (Å²) in [6.45, 7) is 0. The number of hydrogen-bond acceptors (Lipinski definition) is 5. The Kier molecular flexibility index (Phi) is 4.28. The van der Waals surface area contributed by atoms with Crippen molar-refractivity contribution in [2.24, 2.45) is 0 Å². The highest BCUT2D eigenvalue weighted by Crippen LogP contribution is 2.29. The summed E-state index contributed by atoms with van der Waals surface area (Å²) in [5.41, 5.74) is 2.59. The van der Waals surface area contributed by atoms with Gasteiger partial charge in [-0.15, -0.1) is 0 Å². The summed E-state index contributed by atoms with van der Waals surface area (Å²) in [7, 11) is -3.89. The Morgan fingerprint density at radius 2 is 1.68 bits per heavy atom. The number of nitrogens with one attached hydrogen (secondary N) is 2. The Labute approximate surface area is 160 Å². The van der Waals surface area contributed by atoms with Crippen molar-refractivity contribution in [1.82, 2.24) is 10.2 Å². The number of non-ortho nitro benzene ring substituents is 1. The van der Waals surface area contributed by atoms with E-state index < -0.39 is 14.9 Å². The van der Waals surface area contributed by atoms with Gasteiger partial charge in [0, 0.05) is 28.8 Å². The maximum atomic E-state index is 12.6. The molecule has 140 valence electrons. The quantitative estimate of drug-likeness (QED) is 0.393. The van der Waals surface area contributed by atoms with Crippen molar-refractivity contribution < 1.29 is 13.3 Å². The van der Waals surface area contributed by atoms with E-state index in [1.165, 1.54) is 12.1 Å². The first-order valence-electron chi connectivity index (χ1n) is 8.25. The van der Waals surface area contributed by atoms with Gasteiger partial charge in [-0.25, -0.2) is 8.42 Å². The van der Waals surface area contributed by atoms with Gasteiger partial charge in [0.25, 0.3) is 15.7 Å². The predicted octanol–water partition coefficient (Wildman–Crippen LogP) is 3.94. The third-order valence-corrected chi connectivity index (χ3v) is 5.62. The molecule has 0 fully saturated rings. The number of rotatable bonds is 5. The van der Waals surface area contributed by atoms with E-state index in [1.807, 2.05) is 30.3 Å². The zero-order valence-electron chi connectivity index (χ0n) is 14.4. The smallest absolute Gasteiger partial charge is 0.269 e. The van der Waals surface area contributed by atoms with Crippen molar-refractivity contribution in [3.63, 3.8) is 0 Å². The number of H-pyrrole nitrogens is 1. The van der Waals surface area contributed by atoms with Crippen molar-refractivity contribution in [2.45, 2.75) is 4.90 Å². The van der Waals surface area contributed by atoms with Crippen LogP contribution in [0.1, 0.15) is 0 Å². The average Bonchev–Trinajstić information content (AvgIpc) is 3.11. The molecule has 0 unspecified atom stereocenters. The summed E-state index contributed by atoms with van der Waals surface area (Å²) in [5.74, 6) is 0. The molecule has 28 heavy (non-hydrogen) atoms. The van der Waals surface area contributed by atoms with Gasteiger partial charge < -0.3 is 0 Å². The van der Waals surface area contributed by atoms with Crippen LogP contribution in [0.2, 0.25) is 0 Å². The molecule has 4 rings (SSSR count). The van der Waals surface area contributed by atoms with Crippen LogP contribution >= 0.6 is 0 Å². The Balaban J connectivity index is 1.68. The van der Waals surface area contributed by atoms with Gasteiger partial charge in [-0.05, 0) is 30.3 Å². The largest absolute Gasteiger partial charge is 0.280 e. The van der Waals surface area contributed by atoms with Crippen LogP contribution in [-0.2, 0) is 10.0 Å². The zero-order valence-corrected chi connectivity index (χ0v) is 15.2. The van der Waals surface area contributed by atoms with E-state index in [2.05, 4.69) is 14.9 Å². The summed E-state index contributed by atoms with van der Waals surface area (Å²) < 4.78 is 27.7. The molecular formula is C19H14N4O4S. The van der Waals surface area contributed by atoms with Crippen LogP contribution in [0.4, 0.5) is 11.4 Å². The van der Waals surface area contributed by atoms with E-state index in [0.717, 1.165) is 28.6 Å². The Hall–Kier alpha value is -3.72. The monoisotopic (exact) mass is 394 g/mol. The van der Waals surface area contributed by atoms with Crippen LogP contribution in [0.3, 0.4) is 0 Å². The SMILES string of the molecule is O=[N+]([O-])c1ccc(S(=O)(=O)Nc2ccc3[nH]nc(-c4ccccc4)c3c2)cc1. The fourth-order valence-corrected chi connectivity index (χ4v) is 3.90. The first-order chi connectivity index (χ1) is 13.4. The van der Waals surface area contributed by atoms with Crippen LogP contribution < -0.4 is 4.72 Å². The molecule has 4 aromatic rings. The second-order valence-electron chi connectivity index (χ2n) is 6.06. The van der Waals surface area contributed by atoms with Crippen molar-refractivity contribution in [3.05, 3.63) is 82.9 Å². The van der Waals surface area contributed by atoms with Crippen LogP contribution in [-0.4, -0.2) is 23.5 Å². The third-order valence-electron chi connectivity index (χ3n) is 4.22. The molecule has 8 nitrogen and oxygen atoms in total. The van der Waals surface area contributed by atoms with Crippen LogP contribution in [0.25, 0.3) is 22.2 Å². The van der Waals surface area contributed by atoms with Gasteiger partial charge in [0.2, 0.25) is 0 Å². The third kappa shape index (κ3) is 3.30. The van der Waals surface area contributed by atoms with Gasteiger partial charge in [0.05, 0.1) is 21.0 Å². The Morgan fingerprint density at radius 3 is 2.36 bits per heavy atom. The predicted molar refractivity (Wildman–Crippen MR) is 105 cm³/mol. The number of benzene rings is 3. The van der Waals surface area contributed by atoms with Crippen LogP contribution in [0.15, 0.2) is 77.7 Å². The number of hydrogen-bond donors (Lipinski definition) is 2.